The van der Waals surface area contributed by atoms with Crippen LogP contribution < -0.4 is 9.62 Å². The molecule has 4 aromatic rings. The molecule has 0 aliphatic heterocycles. The van der Waals surface area contributed by atoms with Crippen LogP contribution in [-0.2, 0) is 32.6 Å². The van der Waals surface area contributed by atoms with E-state index in [4.69, 9.17) is 34.8 Å². The Morgan fingerprint density at radius 3 is 2.17 bits per heavy atom. The smallest absolute Gasteiger partial charge is 0.264 e. The van der Waals surface area contributed by atoms with Crippen molar-refractivity contribution >= 4 is 62.3 Å². The zero-order valence-corrected chi connectivity index (χ0v) is 29.9. The van der Waals surface area contributed by atoms with Gasteiger partial charge < -0.3 is 10.2 Å². The Morgan fingerprint density at radius 1 is 0.812 bits per heavy atom. The fraction of sp³-hybridized carbons (Fsp3) is 0.297. The van der Waals surface area contributed by atoms with Crippen LogP contribution in [-0.4, -0.2) is 43.8 Å². The van der Waals surface area contributed by atoms with Gasteiger partial charge in [0.15, 0.2) is 0 Å². The fourth-order valence-corrected chi connectivity index (χ4v) is 7.94. The van der Waals surface area contributed by atoms with E-state index < -0.39 is 28.5 Å². The number of carbonyl (C=O) groups excluding carboxylic acids is 2. The maximum absolute atomic E-state index is 14.7. The molecule has 4 aromatic carbocycles. The van der Waals surface area contributed by atoms with Gasteiger partial charge in [-0.1, -0.05) is 108 Å². The van der Waals surface area contributed by atoms with Gasteiger partial charge in [-0.05, 0) is 79.8 Å². The Morgan fingerprint density at radius 2 is 1.50 bits per heavy atom. The van der Waals surface area contributed by atoms with Gasteiger partial charge in [0.05, 0.1) is 20.6 Å². The van der Waals surface area contributed by atoms with Gasteiger partial charge in [0, 0.05) is 24.0 Å². The number of sulfonamides is 1. The lowest BCUT2D eigenvalue weighted by atomic mass is 10.0. The number of nitrogens with zero attached hydrogens (tertiary/aromatic N) is 2. The van der Waals surface area contributed by atoms with Crippen LogP contribution in [0.1, 0.15) is 47.9 Å². The van der Waals surface area contributed by atoms with Crippen molar-refractivity contribution in [3.63, 3.8) is 0 Å². The summed E-state index contributed by atoms with van der Waals surface area (Å²) in [5.41, 5.74) is 3.14. The molecule has 1 saturated carbocycles. The number of aryl methyl sites for hydroxylation is 1. The number of hydrogen-bond acceptors (Lipinski definition) is 4. The van der Waals surface area contributed by atoms with Crippen molar-refractivity contribution in [2.24, 2.45) is 0 Å². The number of benzene rings is 4. The molecule has 0 heterocycles. The number of rotatable bonds is 12. The van der Waals surface area contributed by atoms with Crippen molar-refractivity contribution in [3.8, 4) is 0 Å². The van der Waals surface area contributed by atoms with E-state index in [1.54, 1.807) is 55.5 Å². The van der Waals surface area contributed by atoms with E-state index in [1.165, 1.54) is 17.0 Å². The number of nitrogens with one attached hydrogen (secondary N) is 1. The van der Waals surface area contributed by atoms with Gasteiger partial charge in [-0.15, -0.1) is 0 Å². The second-order valence-corrected chi connectivity index (χ2v) is 15.3. The summed E-state index contributed by atoms with van der Waals surface area (Å²) < 4.78 is 29.7. The predicted molar refractivity (Wildman–Crippen MR) is 193 cm³/mol. The molecule has 0 bridgehead atoms. The van der Waals surface area contributed by atoms with Crippen molar-refractivity contribution in [1.82, 2.24) is 10.2 Å². The first-order valence-electron chi connectivity index (χ1n) is 15.9. The molecule has 48 heavy (non-hydrogen) atoms. The lowest BCUT2D eigenvalue weighted by molar-refractivity contribution is -0.140. The minimum absolute atomic E-state index is 0.00484. The van der Waals surface area contributed by atoms with E-state index in [0.29, 0.717) is 26.2 Å². The molecule has 0 aromatic heterocycles. The lowest BCUT2D eigenvalue weighted by Gasteiger charge is -2.34. The minimum Gasteiger partial charge on any atom is -0.352 e. The molecule has 2 amide bonds. The Bertz CT molecular complexity index is 1860. The molecule has 0 spiro atoms. The van der Waals surface area contributed by atoms with Crippen LogP contribution in [0.25, 0.3) is 0 Å². The molecule has 1 aliphatic carbocycles. The summed E-state index contributed by atoms with van der Waals surface area (Å²) in [6, 6.07) is 24.9. The standard InChI is InChI=1S/C37H38Cl3N3O4S/c1-25-15-18-30(19-16-25)48(46,47)43(34-14-8-13-31(38)26(34)2)24-36(44)42(23-28-17-20-32(39)33(40)21-28)35(22-27-9-4-3-5-10-27)37(45)41-29-11-6-7-12-29/h3-5,8-10,13-21,29,35H,6-7,11-12,22-24H2,1-2H3,(H,41,45)/t35-/m1/s1. The van der Waals surface area contributed by atoms with E-state index in [9.17, 15) is 18.0 Å². The second kappa shape index (κ2) is 15.8. The largest absolute Gasteiger partial charge is 0.352 e. The molecule has 1 N–H and O–H groups in total. The Balaban J connectivity index is 1.60. The van der Waals surface area contributed by atoms with E-state index >= 15 is 0 Å². The van der Waals surface area contributed by atoms with E-state index in [2.05, 4.69) is 5.32 Å². The van der Waals surface area contributed by atoms with Crippen LogP contribution in [0.2, 0.25) is 15.1 Å². The van der Waals surface area contributed by atoms with Gasteiger partial charge >= 0.3 is 0 Å². The van der Waals surface area contributed by atoms with Crippen LogP contribution in [0.5, 0.6) is 0 Å². The molecule has 1 fully saturated rings. The summed E-state index contributed by atoms with van der Waals surface area (Å²) in [5.74, 6) is -0.871. The van der Waals surface area contributed by atoms with E-state index in [-0.39, 0.29) is 35.5 Å². The third-order valence-electron chi connectivity index (χ3n) is 8.71. The SMILES string of the molecule is Cc1ccc(S(=O)(=O)N(CC(=O)N(Cc2ccc(Cl)c(Cl)c2)[C@H](Cc2ccccc2)C(=O)NC2CCCC2)c2cccc(Cl)c2C)cc1. The number of anilines is 1. The van der Waals surface area contributed by atoms with Crippen LogP contribution in [0, 0.1) is 13.8 Å². The van der Waals surface area contributed by atoms with E-state index in [0.717, 1.165) is 41.1 Å². The summed E-state index contributed by atoms with van der Waals surface area (Å²) in [7, 11) is -4.26. The average molecular weight is 727 g/mol. The number of carbonyl (C=O) groups is 2. The van der Waals surface area contributed by atoms with Crippen molar-refractivity contribution in [2.75, 3.05) is 10.8 Å². The van der Waals surface area contributed by atoms with Gasteiger partial charge in [-0.2, -0.15) is 0 Å². The van der Waals surface area contributed by atoms with Crippen LogP contribution >= 0.6 is 34.8 Å². The molecule has 1 aliphatic rings. The maximum atomic E-state index is 14.7. The molecular weight excluding hydrogens is 689 g/mol. The average Bonchev–Trinajstić information content (AvgIpc) is 3.58. The second-order valence-electron chi connectivity index (χ2n) is 12.2. The summed E-state index contributed by atoms with van der Waals surface area (Å²) in [6.07, 6.45) is 3.98. The maximum Gasteiger partial charge on any atom is 0.264 e. The van der Waals surface area contributed by atoms with Crippen molar-refractivity contribution in [1.29, 1.82) is 0 Å². The highest BCUT2D eigenvalue weighted by Gasteiger charge is 2.36. The summed E-state index contributed by atoms with van der Waals surface area (Å²) in [4.78, 5) is 30.4. The molecular formula is C37H38Cl3N3O4S. The van der Waals surface area contributed by atoms with Gasteiger partial charge in [0.1, 0.15) is 12.6 Å². The number of amides is 2. The Labute approximate surface area is 297 Å². The highest BCUT2D eigenvalue weighted by molar-refractivity contribution is 7.92. The molecule has 0 saturated heterocycles. The number of halogens is 3. The Hall–Kier alpha value is -3.56. The predicted octanol–water partition coefficient (Wildman–Crippen LogP) is 8.16. The lowest BCUT2D eigenvalue weighted by Crippen LogP contribution is -2.54. The summed E-state index contributed by atoms with van der Waals surface area (Å²) in [5, 5.41) is 4.18. The first-order chi connectivity index (χ1) is 22.9. The fourth-order valence-electron chi connectivity index (χ4n) is 5.97. The monoisotopic (exact) mass is 725 g/mol. The quantitative estimate of drug-likeness (QED) is 0.160. The molecule has 0 unspecified atom stereocenters. The van der Waals surface area contributed by atoms with Gasteiger partial charge in [-0.3, -0.25) is 13.9 Å². The third-order valence-corrected chi connectivity index (χ3v) is 11.6. The topological polar surface area (TPSA) is 86.8 Å². The van der Waals surface area contributed by atoms with Crippen LogP contribution in [0.3, 0.4) is 0 Å². The highest BCUT2D eigenvalue weighted by atomic mass is 35.5. The van der Waals surface area contributed by atoms with Crippen molar-refractivity contribution in [3.05, 3.63) is 128 Å². The first kappa shape index (κ1) is 35.7. The highest BCUT2D eigenvalue weighted by Crippen LogP contribution is 2.32. The number of hydrogen-bond donors (Lipinski definition) is 1. The van der Waals surface area contributed by atoms with Gasteiger partial charge in [0.25, 0.3) is 10.0 Å². The normalized spacial score (nSPS) is 14.0. The van der Waals surface area contributed by atoms with Crippen LogP contribution in [0.15, 0.2) is 95.9 Å². The van der Waals surface area contributed by atoms with E-state index in [1.807, 2.05) is 37.3 Å². The van der Waals surface area contributed by atoms with Gasteiger partial charge in [0.2, 0.25) is 11.8 Å². The zero-order valence-electron chi connectivity index (χ0n) is 26.8. The van der Waals surface area contributed by atoms with Crippen molar-refractivity contribution in [2.45, 2.75) is 69.5 Å². The molecule has 11 heteroatoms. The molecule has 5 rings (SSSR count). The minimum atomic E-state index is -4.26. The first-order valence-corrected chi connectivity index (χ1v) is 18.4. The molecule has 7 nitrogen and oxygen atoms in total. The summed E-state index contributed by atoms with van der Waals surface area (Å²) >= 11 is 19.1. The van der Waals surface area contributed by atoms with Gasteiger partial charge in [-0.25, -0.2) is 8.42 Å². The molecule has 252 valence electrons. The van der Waals surface area contributed by atoms with Crippen LogP contribution in [0.4, 0.5) is 5.69 Å². The third kappa shape index (κ3) is 8.53. The Kier molecular flexibility index (Phi) is 11.7. The van der Waals surface area contributed by atoms with Crippen molar-refractivity contribution < 1.29 is 18.0 Å². The molecule has 0 radical (unpaired) electrons. The molecule has 1 atom stereocenters. The zero-order chi connectivity index (χ0) is 34.4. The summed E-state index contributed by atoms with van der Waals surface area (Å²) in [6.45, 7) is 2.97.